The third-order valence-electron chi connectivity index (χ3n) is 5.07. The van der Waals surface area contributed by atoms with E-state index >= 15 is 0 Å². The molecular formula is C14H22N2O4. The minimum Gasteiger partial charge on any atom is -0.480 e. The van der Waals surface area contributed by atoms with E-state index in [1.807, 2.05) is 4.90 Å². The lowest BCUT2D eigenvalue weighted by atomic mass is 9.85. The van der Waals surface area contributed by atoms with Crippen LogP contribution >= 0.6 is 0 Å². The van der Waals surface area contributed by atoms with Crippen LogP contribution in [-0.2, 0) is 4.79 Å². The fourth-order valence-electron chi connectivity index (χ4n) is 4.07. The topological polar surface area (TPSA) is 81.1 Å². The molecule has 4 atom stereocenters. The molecule has 1 saturated carbocycles. The lowest BCUT2D eigenvalue weighted by Crippen LogP contribution is -2.50. The highest BCUT2D eigenvalue weighted by molar-refractivity contribution is 5.84. The van der Waals surface area contributed by atoms with Gasteiger partial charge in [0.25, 0.3) is 0 Å². The van der Waals surface area contributed by atoms with E-state index in [9.17, 15) is 19.8 Å². The van der Waals surface area contributed by atoms with Gasteiger partial charge in [-0.2, -0.15) is 0 Å². The molecule has 0 aromatic carbocycles. The molecule has 1 aliphatic carbocycles. The third-order valence-corrected chi connectivity index (χ3v) is 5.07. The molecule has 2 aliphatic heterocycles. The number of carboxylic acids is 1. The summed E-state index contributed by atoms with van der Waals surface area (Å²) >= 11 is 0. The second kappa shape index (κ2) is 5.24. The van der Waals surface area contributed by atoms with E-state index in [1.54, 1.807) is 0 Å². The number of β-amino-alcohol motifs (C(OH)–C–C–N with tert-alkyl or cyclic N) is 1. The number of aliphatic carboxylic acids is 1. The Morgan fingerprint density at radius 3 is 2.55 bits per heavy atom. The van der Waals surface area contributed by atoms with E-state index in [0.29, 0.717) is 5.92 Å². The largest absolute Gasteiger partial charge is 0.480 e. The van der Waals surface area contributed by atoms with Crippen molar-refractivity contribution >= 4 is 12.0 Å². The smallest absolute Gasteiger partial charge is 0.326 e. The Morgan fingerprint density at radius 2 is 1.80 bits per heavy atom. The fraction of sp³-hybridized carbons (Fsp3) is 0.857. The van der Waals surface area contributed by atoms with Gasteiger partial charge in [-0.25, -0.2) is 9.59 Å². The number of rotatable bonds is 1. The third kappa shape index (κ3) is 2.26. The van der Waals surface area contributed by atoms with Crippen LogP contribution in [0.25, 0.3) is 0 Å². The molecule has 20 heavy (non-hydrogen) atoms. The Bertz CT molecular complexity index is 414. The van der Waals surface area contributed by atoms with Gasteiger partial charge in [-0.05, 0) is 25.2 Å². The Morgan fingerprint density at radius 1 is 1.05 bits per heavy atom. The predicted octanol–water partition coefficient (Wildman–Crippen LogP) is 0.891. The van der Waals surface area contributed by atoms with Gasteiger partial charge in [-0.15, -0.1) is 0 Å². The van der Waals surface area contributed by atoms with Gasteiger partial charge in [0, 0.05) is 25.6 Å². The zero-order chi connectivity index (χ0) is 14.3. The number of carboxylic acid groups (broad SMARTS) is 1. The number of nitrogens with zero attached hydrogens (tertiary/aromatic N) is 2. The van der Waals surface area contributed by atoms with Gasteiger partial charge in [0.1, 0.15) is 6.04 Å². The number of urea groups is 1. The molecule has 112 valence electrons. The molecule has 3 unspecified atom stereocenters. The molecule has 0 aromatic heterocycles. The van der Waals surface area contributed by atoms with Crippen molar-refractivity contribution in [2.75, 3.05) is 13.1 Å². The summed E-state index contributed by atoms with van der Waals surface area (Å²) in [6.45, 7) is 0.872. The van der Waals surface area contributed by atoms with Gasteiger partial charge in [0.15, 0.2) is 0 Å². The van der Waals surface area contributed by atoms with E-state index in [1.165, 1.54) is 17.7 Å². The van der Waals surface area contributed by atoms with Crippen molar-refractivity contribution in [3.63, 3.8) is 0 Å². The number of hydrogen-bond acceptors (Lipinski definition) is 3. The lowest BCUT2D eigenvalue weighted by molar-refractivity contribution is -0.141. The fourth-order valence-corrected chi connectivity index (χ4v) is 4.07. The Kier molecular flexibility index (Phi) is 3.58. The molecule has 0 radical (unpaired) electrons. The van der Waals surface area contributed by atoms with Crippen LogP contribution in [-0.4, -0.2) is 63.3 Å². The first-order valence-corrected chi connectivity index (χ1v) is 7.56. The Hall–Kier alpha value is -1.30. The molecule has 2 saturated heterocycles. The average molecular weight is 282 g/mol. The summed E-state index contributed by atoms with van der Waals surface area (Å²) in [5.74, 6) is -0.433. The summed E-state index contributed by atoms with van der Waals surface area (Å²) in [6, 6.07) is -0.785. The van der Waals surface area contributed by atoms with E-state index in [2.05, 4.69) is 0 Å². The molecule has 2 heterocycles. The van der Waals surface area contributed by atoms with Gasteiger partial charge in [0.05, 0.1) is 6.10 Å². The number of carbonyl (C=O) groups excluding carboxylic acids is 1. The summed E-state index contributed by atoms with van der Waals surface area (Å²) in [6.07, 6.45) is 5.06. The van der Waals surface area contributed by atoms with E-state index in [4.69, 9.17) is 0 Å². The molecule has 6 heteroatoms. The first-order valence-electron chi connectivity index (χ1n) is 7.56. The van der Waals surface area contributed by atoms with Crippen LogP contribution in [0.1, 0.15) is 38.5 Å². The summed E-state index contributed by atoms with van der Waals surface area (Å²) in [5.41, 5.74) is 0. The van der Waals surface area contributed by atoms with Gasteiger partial charge in [0.2, 0.25) is 0 Å². The second-order valence-electron chi connectivity index (χ2n) is 6.27. The molecule has 0 spiro atoms. The van der Waals surface area contributed by atoms with E-state index in [0.717, 1.165) is 25.8 Å². The normalized spacial score (nSPS) is 37.0. The maximum Gasteiger partial charge on any atom is 0.326 e. The molecule has 3 aliphatic rings. The van der Waals surface area contributed by atoms with Crippen LogP contribution in [0.3, 0.4) is 0 Å². The van der Waals surface area contributed by atoms with Crippen molar-refractivity contribution in [3.8, 4) is 0 Å². The van der Waals surface area contributed by atoms with Crippen LogP contribution < -0.4 is 0 Å². The lowest BCUT2D eigenvalue weighted by Gasteiger charge is -2.35. The van der Waals surface area contributed by atoms with Gasteiger partial charge in [-0.1, -0.05) is 12.8 Å². The van der Waals surface area contributed by atoms with Crippen LogP contribution in [0, 0.1) is 5.92 Å². The first-order chi connectivity index (χ1) is 9.58. The molecule has 0 bridgehead atoms. The summed E-state index contributed by atoms with van der Waals surface area (Å²) in [4.78, 5) is 27.1. The zero-order valence-electron chi connectivity index (χ0n) is 11.6. The number of likely N-dealkylation sites (tertiary alicyclic amines) is 2. The standard InChI is InChI=1S/C14H22N2O4/c17-10-7-12(13(18)19)16(8-10)14(20)15-6-5-9-3-1-2-4-11(9)15/h9-12,17H,1-8H2,(H,18,19)/t9?,10?,11?,12-/m0/s1. The van der Waals surface area contributed by atoms with Crippen LogP contribution in [0.5, 0.6) is 0 Å². The quantitative estimate of drug-likeness (QED) is 0.748. The monoisotopic (exact) mass is 282 g/mol. The van der Waals surface area contributed by atoms with Crippen LogP contribution in [0.4, 0.5) is 4.79 Å². The number of fused-ring (bicyclic) bond motifs is 1. The molecule has 0 aromatic rings. The number of hydrogen-bond donors (Lipinski definition) is 2. The summed E-state index contributed by atoms with van der Waals surface area (Å²) < 4.78 is 0. The summed E-state index contributed by atoms with van der Waals surface area (Å²) in [5, 5.41) is 18.9. The molecule has 2 amide bonds. The highest BCUT2D eigenvalue weighted by Crippen LogP contribution is 2.37. The zero-order valence-corrected chi connectivity index (χ0v) is 11.6. The number of aliphatic hydroxyl groups is 1. The van der Waals surface area contributed by atoms with Crippen molar-refractivity contribution in [1.82, 2.24) is 9.80 Å². The van der Waals surface area contributed by atoms with Gasteiger partial charge in [-0.3, -0.25) is 0 Å². The maximum absolute atomic E-state index is 12.6. The van der Waals surface area contributed by atoms with Crippen molar-refractivity contribution < 1.29 is 19.8 Å². The number of aliphatic hydroxyl groups excluding tert-OH is 1. The number of carbonyl (C=O) groups is 2. The first kappa shape index (κ1) is 13.7. The Labute approximate surface area is 118 Å². The highest BCUT2D eigenvalue weighted by Gasteiger charge is 2.45. The van der Waals surface area contributed by atoms with Gasteiger partial charge >= 0.3 is 12.0 Å². The number of amides is 2. The summed E-state index contributed by atoms with van der Waals surface area (Å²) in [7, 11) is 0. The van der Waals surface area contributed by atoms with Gasteiger partial charge < -0.3 is 20.0 Å². The maximum atomic E-state index is 12.6. The predicted molar refractivity (Wildman–Crippen MR) is 71.2 cm³/mol. The average Bonchev–Trinajstić information content (AvgIpc) is 3.01. The molecule has 3 fully saturated rings. The minimum atomic E-state index is -1.02. The molecule has 3 rings (SSSR count). The van der Waals surface area contributed by atoms with Crippen molar-refractivity contribution in [2.45, 2.75) is 56.7 Å². The van der Waals surface area contributed by atoms with Crippen molar-refractivity contribution in [3.05, 3.63) is 0 Å². The van der Waals surface area contributed by atoms with Crippen LogP contribution in [0.2, 0.25) is 0 Å². The minimum absolute atomic E-state index is 0.142. The van der Waals surface area contributed by atoms with E-state index in [-0.39, 0.29) is 25.0 Å². The van der Waals surface area contributed by atoms with Crippen molar-refractivity contribution in [2.24, 2.45) is 5.92 Å². The molecule has 2 N–H and O–H groups in total. The van der Waals surface area contributed by atoms with Crippen molar-refractivity contribution in [1.29, 1.82) is 0 Å². The Balaban J connectivity index is 1.73. The molecule has 6 nitrogen and oxygen atoms in total. The van der Waals surface area contributed by atoms with E-state index < -0.39 is 18.1 Å². The SMILES string of the molecule is O=C(O)[C@@H]1CC(O)CN1C(=O)N1CCC2CCCCC21. The molecular weight excluding hydrogens is 260 g/mol. The second-order valence-corrected chi connectivity index (χ2v) is 6.27. The highest BCUT2D eigenvalue weighted by atomic mass is 16.4. The van der Waals surface area contributed by atoms with Crippen LogP contribution in [0.15, 0.2) is 0 Å².